The molecule has 1 aliphatic rings. The third-order valence-electron chi connectivity index (χ3n) is 5.24. The van der Waals surface area contributed by atoms with Crippen LogP contribution in [-0.4, -0.2) is 50.7 Å². The summed E-state index contributed by atoms with van der Waals surface area (Å²) in [5, 5.41) is 19.7. The highest BCUT2D eigenvalue weighted by Gasteiger charge is 2.26. The van der Waals surface area contributed by atoms with Gasteiger partial charge in [0.25, 0.3) is 11.8 Å². The number of rotatable bonds is 8. The van der Waals surface area contributed by atoms with Crippen molar-refractivity contribution in [3.63, 3.8) is 0 Å². The second-order valence-electron chi connectivity index (χ2n) is 7.90. The predicted molar refractivity (Wildman–Crippen MR) is 135 cm³/mol. The van der Waals surface area contributed by atoms with Gasteiger partial charge >= 0.3 is 0 Å². The van der Waals surface area contributed by atoms with E-state index in [1.807, 2.05) is 6.92 Å². The van der Waals surface area contributed by atoms with Crippen LogP contribution in [0.1, 0.15) is 45.3 Å². The molecule has 1 aliphatic heterocycles. The molecule has 0 radical (unpaired) electrons. The number of amides is 2. The highest BCUT2D eigenvalue weighted by atomic mass is 35.5. The lowest BCUT2D eigenvalue weighted by molar-refractivity contribution is 0.0954. The summed E-state index contributed by atoms with van der Waals surface area (Å²) >= 11 is 8.10. The van der Waals surface area contributed by atoms with Crippen molar-refractivity contribution in [3.8, 4) is 17.8 Å². The van der Waals surface area contributed by atoms with E-state index in [1.165, 1.54) is 16.8 Å². The minimum absolute atomic E-state index is 0.0214. The number of nitriles is 1. The number of aromatic nitrogens is 3. The molecule has 0 spiro atoms. The Hall–Kier alpha value is -3.55. The standard InChI is InChI=1S/C24H23ClN6O3S/c1-3-6-28-23(32)17-9-15(11-26)8-14(2)21(17)29-24(33)19-10-20(34-16-12-35-13-16)30-31(19)22-18(25)5-4-7-27-22/h4-5,7-10,16H,3,6,12-13H2,1-2H3,(H,28,32)(H,29,33). The molecule has 3 heterocycles. The number of nitrogens with zero attached hydrogens (tertiary/aromatic N) is 4. The van der Waals surface area contributed by atoms with Crippen LogP contribution in [0.2, 0.25) is 5.02 Å². The van der Waals surface area contributed by atoms with Crippen molar-refractivity contribution in [1.82, 2.24) is 20.1 Å². The number of thioether (sulfide) groups is 1. The summed E-state index contributed by atoms with van der Waals surface area (Å²) in [6.45, 7) is 4.13. The number of aryl methyl sites for hydroxylation is 1. The number of hydrogen-bond donors (Lipinski definition) is 2. The zero-order valence-electron chi connectivity index (χ0n) is 19.2. The van der Waals surface area contributed by atoms with E-state index in [1.54, 1.807) is 43.1 Å². The second-order valence-corrected chi connectivity index (χ2v) is 9.39. The first kappa shape index (κ1) is 24.6. The first-order valence-corrected chi connectivity index (χ1v) is 12.5. The van der Waals surface area contributed by atoms with Crippen molar-refractivity contribution >= 4 is 40.9 Å². The maximum absolute atomic E-state index is 13.5. The van der Waals surface area contributed by atoms with E-state index in [9.17, 15) is 14.9 Å². The quantitative estimate of drug-likeness (QED) is 0.469. The van der Waals surface area contributed by atoms with Crippen LogP contribution in [0.15, 0.2) is 36.5 Å². The molecule has 0 aliphatic carbocycles. The van der Waals surface area contributed by atoms with Crippen LogP contribution in [0.4, 0.5) is 5.69 Å². The minimum atomic E-state index is -0.533. The molecule has 1 fully saturated rings. The third kappa shape index (κ3) is 5.42. The number of hydrogen-bond acceptors (Lipinski definition) is 7. The van der Waals surface area contributed by atoms with E-state index in [0.717, 1.165) is 17.9 Å². The maximum atomic E-state index is 13.5. The molecule has 2 aromatic heterocycles. The highest BCUT2D eigenvalue weighted by Crippen LogP contribution is 2.28. The molecule has 180 valence electrons. The zero-order chi connectivity index (χ0) is 24.9. The Morgan fingerprint density at radius 1 is 1.31 bits per heavy atom. The van der Waals surface area contributed by atoms with Crippen molar-refractivity contribution in [2.24, 2.45) is 0 Å². The Balaban J connectivity index is 1.72. The molecular formula is C24H23ClN6O3S. The number of benzene rings is 1. The molecule has 0 unspecified atom stereocenters. The van der Waals surface area contributed by atoms with Gasteiger partial charge in [0, 0.05) is 30.3 Å². The first-order valence-electron chi connectivity index (χ1n) is 11.0. The van der Waals surface area contributed by atoms with Gasteiger partial charge in [0.15, 0.2) is 5.82 Å². The predicted octanol–water partition coefficient (Wildman–Crippen LogP) is 3.99. The number of pyridine rings is 1. The van der Waals surface area contributed by atoms with Gasteiger partial charge in [-0.05, 0) is 43.2 Å². The number of ether oxygens (including phenoxy) is 1. The van der Waals surface area contributed by atoms with Crippen LogP contribution >= 0.6 is 23.4 Å². The van der Waals surface area contributed by atoms with Crippen LogP contribution in [-0.2, 0) is 0 Å². The molecule has 0 saturated carbocycles. The topological polar surface area (TPSA) is 122 Å². The van der Waals surface area contributed by atoms with E-state index in [2.05, 4.69) is 26.8 Å². The minimum Gasteiger partial charge on any atom is -0.472 e. The molecule has 1 saturated heterocycles. The monoisotopic (exact) mass is 510 g/mol. The third-order valence-corrected chi connectivity index (χ3v) is 6.75. The summed E-state index contributed by atoms with van der Waals surface area (Å²) in [7, 11) is 0. The Kier molecular flexibility index (Phi) is 7.58. The molecule has 2 amide bonds. The largest absolute Gasteiger partial charge is 0.472 e. The van der Waals surface area contributed by atoms with Gasteiger partial charge in [0.2, 0.25) is 5.88 Å². The van der Waals surface area contributed by atoms with Gasteiger partial charge in [-0.15, -0.1) is 5.10 Å². The average molecular weight is 511 g/mol. The molecule has 4 rings (SSSR count). The summed E-state index contributed by atoms with van der Waals surface area (Å²) in [6.07, 6.45) is 2.32. The normalized spacial score (nSPS) is 13.0. The lowest BCUT2D eigenvalue weighted by atomic mass is 10.0. The van der Waals surface area contributed by atoms with Crippen molar-refractivity contribution in [2.45, 2.75) is 26.4 Å². The van der Waals surface area contributed by atoms with E-state index >= 15 is 0 Å². The average Bonchev–Trinajstić information content (AvgIpc) is 3.25. The van der Waals surface area contributed by atoms with E-state index in [-0.39, 0.29) is 35.0 Å². The fourth-order valence-corrected chi connectivity index (χ4v) is 4.20. The molecule has 0 bridgehead atoms. The number of carbonyl (C=O) groups excluding carboxylic acids is 2. The summed E-state index contributed by atoms with van der Waals surface area (Å²) in [5.41, 5.74) is 1.54. The maximum Gasteiger partial charge on any atom is 0.274 e. The number of halogens is 1. The van der Waals surface area contributed by atoms with Gasteiger partial charge < -0.3 is 15.4 Å². The zero-order valence-corrected chi connectivity index (χ0v) is 20.7. The Labute approximate surface area is 211 Å². The molecule has 0 atom stereocenters. The lowest BCUT2D eigenvalue weighted by Gasteiger charge is -2.24. The van der Waals surface area contributed by atoms with Crippen LogP contribution in [0.25, 0.3) is 5.82 Å². The molecular weight excluding hydrogens is 488 g/mol. The molecule has 35 heavy (non-hydrogen) atoms. The lowest BCUT2D eigenvalue weighted by Crippen LogP contribution is -2.31. The number of nitrogens with one attached hydrogen (secondary N) is 2. The van der Waals surface area contributed by atoms with Crippen LogP contribution in [0, 0.1) is 18.3 Å². The van der Waals surface area contributed by atoms with Crippen molar-refractivity contribution in [2.75, 3.05) is 23.4 Å². The van der Waals surface area contributed by atoms with Crippen LogP contribution in [0.3, 0.4) is 0 Å². The van der Waals surface area contributed by atoms with E-state index < -0.39 is 5.91 Å². The highest BCUT2D eigenvalue weighted by molar-refractivity contribution is 8.00. The summed E-state index contributed by atoms with van der Waals surface area (Å²) in [6, 6.07) is 9.98. The van der Waals surface area contributed by atoms with Crippen molar-refractivity contribution in [3.05, 3.63) is 63.9 Å². The van der Waals surface area contributed by atoms with Crippen LogP contribution in [0.5, 0.6) is 5.88 Å². The second kappa shape index (κ2) is 10.8. The molecule has 11 heteroatoms. The Bertz CT molecular complexity index is 1320. The van der Waals surface area contributed by atoms with Gasteiger partial charge in [-0.1, -0.05) is 18.5 Å². The van der Waals surface area contributed by atoms with Crippen LogP contribution < -0.4 is 15.4 Å². The SMILES string of the molecule is CCCNC(=O)c1cc(C#N)cc(C)c1NC(=O)c1cc(OC2CSC2)nn1-c1ncccc1Cl. The summed E-state index contributed by atoms with van der Waals surface area (Å²) in [5.74, 6) is 1.33. The van der Waals surface area contributed by atoms with Gasteiger partial charge in [-0.3, -0.25) is 9.59 Å². The van der Waals surface area contributed by atoms with E-state index in [0.29, 0.717) is 28.4 Å². The molecule has 3 aromatic rings. The summed E-state index contributed by atoms with van der Waals surface area (Å²) in [4.78, 5) is 30.6. The van der Waals surface area contributed by atoms with Gasteiger partial charge in [0.1, 0.15) is 11.8 Å². The first-order chi connectivity index (χ1) is 16.9. The van der Waals surface area contributed by atoms with Crippen molar-refractivity contribution < 1.29 is 14.3 Å². The fourth-order valence-electron chi connectivity index (χ4n) is 3.43. The van der Waals surface area contributed by atoms with Gasteiger partial charge in [-0.2, -0.15) is 17.0 Å². The number of carbonyl (C=O) groups is 2. The fraction of sp³-hybridized carbons (Fsp3) is 0.292. The van der Waals surface area contributed by atoms with Gasteiger partial charge in [-0.25, -0.2) is 9.67 Å². The van der Waals surface area contributed by atoms with E-state index in [4.69, 9.17) is 16.3 Å². The molecule has 2 N–H and O–H groups in total. The molecule has 1 aromatic carbocycles. The number of anilines is 1. The van der Waals surface area contributed by atoms with Gasteiger partial charge in [0.05, 0.1) is 27.9 Å². The molecule has 9 nitrogen and oxygen atoms in total. The Morgan fingerprint density at radius 3 is 2.77 bits per heavy atom. The summed E-state index contributed by atoms with van der Waals surface area (Å²) < 4.78 is 7.22. The van der Waals surface area contributed by atoms with Crippen molar-refractivity contribution in [1.29, 1.82) is 5.26 Å². The Morgan fingerprint density at radius 2 is 2.11 bits per heavy atom. The smallest absolute Gasteiger partial charge is 0.274 e.